The number of hydrogen-bond acceptors (Lipinski definition) is 2. The zero-order valence-electron chi connectivity index (χ0n) is 12.0. The van der Waals surface area contributed by atoms with Gasteiger partial charge in [-0.25, -0.2) is 0 Å². The second kappa shape index (κ2) is 5.98. The summed E-state index contributed by atoms with van der Waals surface area (Å²) in [5, 5.41) is 0. The summed E-state index contributed by atoms with van der Waals surface area (Å²) < 4.78 is 6.54. The number of halogens is 1. The summed E-state index contributed by atoms with van der Waals surface area (Å²) in [7, 11) is 0. The Labute approximate surface area is 129 Å². The lowest BCUT2D eigenvalue weighted by atomic mass is 9.80. The smallest absolute Gasteiger partial charge is 0.140 e. The van der Waals surface area contributed by atoms with Gasteiger partial charge in [-0.1, -0.05) is 22.0 Å². The molecule has 108 valence electrons. The third-order valence-corrected chi connectivity index (χ3v) is 5.46. The minimum absolute atomic E-state index is 0.235. The van der Waals surface area contributed by atoms with E-state index in [1.54, 1.807) is 0 Å². The fraction of sp³-hybridized carbons (Fsp3) is 0.588. The first-order valence-corrected chi connectivity index (χ1v) is 8.33. The number of carbonyl (C=O) groups excluding carboxylic acids is 1. The Bertz CT molecular complexity index is 518. The van der Waals surface area contributed by atoms with Gasteiger partial charge in [-0.3, -0.25) is 4.79 Å². The maximum Gasteiger partial charge on any atom is 0.140 e. The van der Waals surface area contributed by atoms with E-state index in [9.17, 15) is 4.79 Å². The normalized spacial score (nSPS) is 24.3. The lowest BCUT2D eigenvalue weighted by Crippen LogP contribution is -2.29. The highest BCUT2D eigenvalue weighted by molar-refractivity contribution is 9.10. The van der Waals surface area contributed by atoms with Gasteiger partial charge in [0.1, 0.15) is 5.78 Å². The van der Waals surface area contributed by atoms with Crippen LogP contribution in [0.15, 0.2) is 16.6 Å². The van der Waals surface area contributed by atoms with Gasteiger partial charge >= 0.3 is 0 Å². The van der Waals surface area contributed by atoms with E-state index in [0.29, 0.717) is 18.1 Å². The molecule has 1 unspecified atom stereocenters. The Hall–Kier alpha value is -0.670. The van der Waals surface area contributed by atoms with Crippen LogP contribution in [0.25, 0.3) is 0 Å². The van der Waals surface area contributed by atoms with E-state index in [1.807, 2.05) is 0 Å². The van der Waals surface area contributed by atoms with Gasteiger partial charge in [0.2, 0.25) is 0 Å². The number of benzene rings is 1. The van der Waals surface area contributed by atoms with Crippen molar-refractivity contribution in [3.8, 4) is 0 Å². The van der Waals surface area contributed by atoms with Crippen molar-refractivity contribution in [1.29, 1.82) is 0 Å². The zero-order valence-corrected chi connectivity index (χ0v) is 13.5. The SMILES string of the molecule is Cc1cc(Br)c2c(c1)CCC(C1CCOCC1)C(=O)C2. The van der Waals surface area contributed by atoms with E-state index in [2.05, 4.69) is 35.0 Å². The highest BCUT2D eigenvalue weighted by atomic mass is 79.9. The van der Waals surface area contributed by atoms with E-state index >= 15 is 0 Å². The number of ether oxygens (including phenoxy) is 1. The van der Waals surface area contributed by atoms with Crippen LogP contribution in [0.4, 0.5) is 0 Å². The molecule has 0 bridgehead atoms. The largest absolute Gasteiger partial charge is 0.381 e. The molecule has 1 heterocycles. The Balaban J connectivity index is 1.84. The van der Waals surface area contributed by atoms with Gasteiger partial charge in [-0.2, -0.15) is 0 Å². The molecule has 0 amide bonds. The zero-order chi connectivity index (χ0) is 14.1. The van der Waals surface area contributed by atoms with Gasteiger partial charge in [-0.15, -0.1) is 0 Å². The van der Waals surface area contributed by atoms with Crippen LogP contribution in [0.1, 0.15) is 36.0 Å². The predicted molar refractivity (Wildman–Crippen MR) is 82.9 cm³/mol. The summed E-state index contributed by atoms with van der Waals surface area (Å²) in [5.41, 5.74) is 3.85. The number of aryl methyl sites for hydroxylation is 2. The number of carbonyl (C=O) groups is 1. The first-order valence-electron chi connectivity index (χ1n) is 7.53. The molecule has 1 atom stereocenters. The van der Waals surface area contributed by atoms with Crippen molar-refractivity contribution in [1.82, 2.24) is 0 Å². The molecule has 2 aliphatic rings. The molecule has 0 aromatic heterocycles. The van der Waals surface area contributed by atoms with Crippen LogP contribution in [0.5, 0.6) is 0 Å². The summed E-state index contributed by atoms with van der Waals surface area (Å²) >= 11 is 3.64. The molecule has 0 saturated carbocycles. The maximum absolute atomic E-state index is 12.7. The van der Waals surface area contributed by atoms with Crippen LogP contribution in [0.2, 0.25) is 0 Å². The van der Waals surface area contributed by atoms with Gasteiger partial charge in [0.25, 0.3) is 0 Å². The summed E-state index contributed by atoms with van der Waals surface area (Å²) in [6.45, 7) is 3.77. The molecule has 2 nitrogen and oxygen atoms in total. The molecule has 1 aromatic rings. The molecular formula is C17H21BrO2. The average molecular weight is 337 g/mol. The first kappa shape index (κ1) is 14.3. The van der Waals surface area contributed by atoms with Crippen molar-refractivity contribution in [2.75, 3.05) is 13.2 Å². The highest BCUT2D eigenvalue weighted by Gasteiger charge is 2.32. The van der Waals surface area contributed by atoms with Gasteiger partial charge in [0.15, 0.2) is 0 Å². The van der Waals surface area contributed by atoms with Crippen molar-refractivity contribution in [3.05, 3.63) is 33.3 Å². The molecule has 3 rings (SSSR count). The molecule has 3 heteroatoms. The van der Waals surface area contributed by atoms with Gasteiger partial charge < -0.3 is 4.74 Å². The van der Waals surface area contributed by atoms with E-state index in [0.717, 1.165) is 43.4 Å². The second-order valence-corrected chi connectivity index (χ2v) is 6.98. The molecule has 1 saturated heterocycles. The van der Waals surface area contributed by atoms with Crippen LogP contribution in [-0.2, 0) is 22.4 Å². The number of Topliss-reactive ketones (excluding diaryl/α,β-unsaturated/α-hetero) is 1. The number of ketones is 1. The molecule has 1 aromatic carbocycles. The Morgan fingerprint density at radius 1 is 1.20 bits per heavy atom. The molecule has 1 aliphatic heterocycles. The van der Waals surface area contributed by atoms with Crippen molar-refractivity contribution in [3.63, 3.8) is 0 Å². The Kier molecular flexibility index (Phi) is 4.27. The number of hydrogen-bond donors (Lipinski definition) is 0. The molecule has 0 N–H and O–H groups in total. The number of fused-ring (bicyclic) bond motifs is 1. The van der Waals surface area contributed by atoms with Gasteiger partial charge in [0.05, 0.1) is 0 Å². The standard InChI is InChI=1S/C17H21BrO2/c1-11-8-13-2-3-14(12-4-6-20-7-5-12)17(19)10-15(13)16(18)9-11/h8-9,12,14H,2-7,10H2,1H3. The van der Waals surface area contributed by atoms with Crippen LogP contribution in [-0.4, -0.2) is 19.0 Å². The molecule has 1 fully saturated rings. The van der Waals surface area contributed by atoms with Crippen molar-refractivity contribution in [2.45, 2.75) is 39.0 Å². The lowest BCUT2D eigenvalue weighted by molar-refractivity contribution is -0.125. The summed E-state index contributed by atoms with van der Waals surface area (Å²) in [5.74, 6) is 1.20. The van der Waals surface area contributed by atoms with Crippen LogP contribution in [0.3, 0.4) is 0 Å². The van der Waals surface area contributed by atoms with E-state index in [4.69, 9.17) is 4.74 Å². The average Bonchev–Trinajstić information content (AvgIpc) is 2.59. The topological polar surface area (TPSA) is 26.3 Å². The third kappa shape index (κ3) is 2.84. The Morgan fingerprint density at radius 2 is 1.95 bits per heavy atom. The van der Waals surface area contributed by atoms with E-state index in [-0.39, 0.29) is 5.92 Å². The summed E-state index contributed by atoms with van der Waals surface area (Å²) in [6.07, 6.45) is 4.73. The fourth-order valence-corrected chi connectivity index (χ4v) is 4.42. The number of rotatable bonds is 1. The third-order valence-electron chi connectivity index (χ3n) is 4.76. The van der Waals surface area contributed by atoms with Crippen molar-refractivity contribution < 1.29 is 9.53 Å². The monoisotopic (exact) mass is 336 g/mol. The van der Waals surface area contributed by atoms with E-state index < -0.39 is 0 Å². The fourth-order valence-electron chi connectivity index (χ4n) is 3.66. The first-order chi connectivity index (χ1) is 9.65. The highest BCUT2D eigenvalue weighted by Crippen LogP contribution is 2.35. The minimum atomic E-state index is 0.235. The summed E-state index contributed by atoms with van der Waals surface area (Å²) in [6, 6.07) is 4.38. The second-order valence-electron chi connectivity index (χ2n) is 6.12. The quantitative estimate of drug-likeness (QED) is 0.728. The maximum atomic E-state index is 12.7. The van der Waals surface area contributed by atoms with Crippen LogP contribution < -0.4 is 0 Å². The predicted octanol–water partition coefficient (Wildman–Crippen LogP) is 3.86. The Morgan fingerprint density at radius 3 is 2.70 bits per heavy atom. The van der Waals surface area contributed by atoms with Gasteiger partial charge in [-0.05, 0) is 61.3 Å². The lowest BCUT2D eigenvalue weighted by Gasteiger charge is -2.28. The van der Waals surface area contributed by atoms with Crippen LogP contribution in [0, 0.1) is 18.8 Å². The minimum Gasteiger partial charge on any atom is -0.381 e. The summed E-state index contributed by atoms with van der Waals surface area (Å²) in [4.78, 5) is 12.7. The molecular weight excluding hydrogens is 316 g/mol. The van der Waals surface area contributed by atoms with Crippen molar-refractivity contribution in [2.24, 2.45) is 11.8 Å². The molecule has 0 spiro atoms. The van der Waals surface area contributed by atoms with Crippen LogP contribution >= 0.6 is 15.9 Å². The molecule has 20 heavy (non-hydrogen) atoms. The van der Waals surface area contributed by atoms with Crippen molar-refractivity contribution >= 4 is 21.7 Å². The molecule has 0 radical (unpaired) electrons. The molecule has 1 aliphatic carbocycles. The van der Waals surface area contributed by atoms with Gasteiger partial charge in [0, 0.05) is 30.0 Å². The van der Waals surface area contributed by atoms with E-state index in [1.165, 1.54) is 16.7 Å².